The quantitative estimate of drug-likeness (QED) is 0.678. The Morgan fingerprint density at radius 3 is 2.73 bits per heavy atom. The van der Waals surface area contributed by atoms with Crippen LogP contribution in [0.4, 0.5) is 11.4 Å². The van der Waals surface area contributed by atoms with E-state index in [0.717, 1.165) is 22.4 Å². The van der Waals surface area contributed by atoms with Crippen LogP contribution in [0, 0.1) is 6.92 Å². The zero-order valence-corrected chi connectivity index (χ0v) is 14.9. The van der Waals surface area contributed by atoms with Gasteiger partial charge in [-0.2, -0.15) is 0 Å². The van der Waals surface area contributed by atoms with Crippen LogP contribution in [0.5, 0.6) is 0 Å². The van der Waals surface area contributed by atoms with Crippen molar-refractivity contribution in [3.63, 3.8) is 0 Å². The van der Waals surface area contributed by atoms with Gasteiger partial charge in [0, 0.05) is 23.0 Å². The Balaban J connectivity index is 1.76. The van der Waals surface area contributed by atoms with Crippen molar-refractivity contribution in [3.05, 3.63) is 88.7 Å². The second kappa shape index (κ2) is 6.73. The first-order chi connectivity index (χ1) is 12.6. The third kappa shape index (κ3) is 3.00. The summed E-state index contributed by atoms with van der Waals surface area (Å²) >= 11 is 6.20. The zero-order valence-electron chi connectivity index (χ0n) is 14.2. The van der Waals surface area contributed by atoms with E-state index >= 15 is 0 Å². The summed E-state index contributed by atoms with van der Waals surface area (Å²) < 4.78 is 0. The van der Waals surface area contributed by atoms with Crippen LogP contribution in [-0.4, -0.2) is 16.6 Å². The molecule has 1 aliphatic heterocycles. The van der Waals surface area contributed by atoms with E-state index in [4.69, 9.17) is 11.6 Å². The van der Waals surface area contributed by atoms with Gasteiger partial charge in [-0.15, -0.1) is 0 Å². The maximum absolute atomic E-state index is 13.1. The molecule has 0 unspecified atom stereocenters. The lowest BCUT2D eigenvalue weighted by molar-refractivity contribution is -0.112. The number of aromatic nitrogens is 1. The minimum atomic E-state index is -0.119. The second-order valence-electron chi connectivity index (χ2n) is 6.16. The molecule has 26 heavy (non-hydrogen) atoms. The lowest BCUT2D eigenvalue weighted by Crippen LogP contribution is -2.29. The van der Waals surface area contributed by atoms with Gasteiger partial charge in [0.05, 0.1) is 17.9 Å². The number of para-hydroxylation sites is 1. The van der Waals surface area contributed by atoms with Gasteiger partial charge in [-0.3, -0.25) is 9.78 Å². The van der Waals surface area contributed by atoms with Crippen LogP contribution in [-0.2, 0) is 11.3 Å². The normalized spacial score (nSPS) is 14.8. The molecule has 5 heteroatoms. The van der Waals surface area contributed by atoms with Gasteiger partial charge in [-0.25, -0.2) is 4.99 Å². The fourth-order valence-corrected chi connectivity index (χ4v) is 3.16. The van der Waals surface area contributed by atoms with Gasteiger partial charge in [-0.05, 0) is 42.3 Å². The number of aliphatic imine (C=N–C) groups is 1. The maximum Gasteiger partial charge on any atom is 0.277 e. The van der Waals surface area contributed by atoms with E-state index < -0.39 is 0 Å². The highest BCUT2D eigenvalue weighted by molar-refractivity contribution is 6.54. The molecule has 128 valence electrons. The van der Waals surface area contributed by atoms with Gasteiger partial charge in [0.1, 0.15) is 5.71 Å². The Kier molecular flexibility index (Phi) is 4.27. The minimum absolute atomic E-state index is 0.119. The highest BCUT2D eigenvalue weighted by Gasteiger charge is 2.33. The Hall–Kier alpha value is -2.98. The number of carbonyl (C=O) groups excluding carboxylic acids is 1. The first kappa shape index (κ1) is 16.5. The van der Waals surface area contributed by atoms with Gasteiger partial charge >= 0.3 is 0 Å². The third-order valence-corrected chi connectivity index (χ3v) is 4.76. The van der Waals surface area contributed by atoms with Crippen molar-refractivity contribution >= 4 is 34.6 Å². The van der Waals surface area contributed by atoms with E-state index in [9.17, 15) is 4.79 Å². The Morgan fingerprint density at radius 2 is 1.96 bits per heavy atom. The molecule has 0 N–H and O–H groups in total. The predicted octanol–water partition coefficient (Wildman–Crippen LogP) is 4.71. The van der Waals surface area contributed by atoms with Crippen molar-refractivity contribution in [2.75, 3.05) is 4.90 Å². The smallest absolute Gasteiger partial charge is 0.277 e. The van der Waals surface area contributed by atoms with Crippen LogP contribution in [0.15, 0.2) is 72.0 Å². The predicted molar refractivity (Wildman–Crippen MR) is 104 cm³/mol. The molecule has 1 aliphatic rings. The molecule has 1 amide bonds. The topological polar surface area (TPSA) is 45.6 Å². The summed E-state index contributed by atoms with van der Waals surface area (Å²) in [6.07, 6.45) is 3.49. The molecule has 0 saturated heterocycles. The molecule has 0 bridgehead atoms. The lowest BCUT2D eigenvalue weighted by Gasteiger charge is -2.16. The number of hydrogen-bond acceptors (Lipinski definition) is 3. The molecule has 2 heterocycles. The third-order valence-electron chi connectivity index (χ3n) is 4.36. The molecule has 0 spiro atoms. The van der Waals surface area contributed by atoms with Gasteiger partial charge in [0.25, 0.3) is 5.91 Å². The number of benzene rings is 2. The monoisotopic (exact) mass is 361 g/mol. The highest BCUT2D eigenvalue weighted by atomic mass is 35.5. The maximum atomic E-state index is 13.1. The highest BCUT2D eigenvalue weighted by Crippen LogP contribution is 2.32. The first-order valence-corrected chi connectivity index (χ1v) is 8.66. The minimum Gasteiger partial charge on any atom is -0.302 e. The van der Waals surface area contributed by atoms with E-state index in [2.05, 4.69) is 9.98 Å². The SMILES string of the molecule is Cc1ccc(N=C2C(=O)N(Cc3cccnc3)c3ccccc32)cc1Cl. The van der Waals surface area contributed by atoms with Crippen molar-refractivity contribution in [2.24, 2.45) is 4.99 Å². The number of aryl methyl sites for hydroxylation is 1. The fourth-order valence-electron chi connectivity index (χ4n) is 2.98. The van der Waals surface area contributed by atoms with Crippen LogP contribution < -0.4 is 4.90 Å². The number of amides is 1. The van der Waals surface area contributed by atoms with E-state index in [-0.39, 0.29) is 5.91 Å². The largest absolute Gasteiger partial charge is 0.302 e. The summed E-state index contributed by atoms with van der Waals surface area (Å²) in [7, 11) is 0. The Morgan fingerprint density at radius 1 is 1.12 bits per heavy atom. The van der Waals surface area contributed by atoms with E-state index in [1.807, 2.05) is 55.5 Å². The van der Waals surface area contributed by atoms with Gasteiger partial charge in [0.2, 0.25) is 0 Å². The van der Waals surface area contributed by atoms with Crippen LogP contribution in [0.25, 0.3) is 0 Å². The molecule has 0 saturated carbocycles. The van der Waals surface area contributed by atoms with Crippen molar-refractivity contribution in [1.82, 2.24) is 4.98 Å². The number of halogens is 1. The van der Waals surface area contributed by atoms with E-state index in [1.54, 1.807) is 23.4 Å². The molecule has 4 nitrogen and oxygen atoms in total. The van der Waals surface area contributed by atoms with Crippen LogP contribution in [0.2, 0.25) is 5.02 Å². The van der Waals surface area contributed by atoms with Crippen molar-refractivity contribution < 1.29 is 4.79 Å². The molecule has 4 rings (SSSR count). The summed E-state index contributed by atoms with van der Waals surface area (Å²) in [6.45, 7) is 2.39. The summed E-state index contributed by atoms with van der Waals surface area (Å²) in [5.41, 5.74) is 4.74. The van der Waals surface area contributed by atoms with Crippen LogP contribution >= 0.6 is 11.6 Å². The van der Waals surface area contributed by atoms with Crippen LogP contribution in [0.1, 0.15) is 16.7 Å². The number of fused-ring (bicyclic) bond motifs is 1. The molecule has 3 aromatic rings. The standard InChI is InChI=1S/C21H16ClN3O/c1-14-8-9-16(11-18(14)22)24-20-17-6-2-3-7-19(17)25(21(20)26)13-15-5-4-10-23-12-15/h2-12H,13H2,1H3. The summed E-state index contributed by atoms with van der Waals surface area (Å²) in [5, 5.41) is 0.637. The number of nitrogens with zero attached hydrogens (tertiary/aromatic N) is 3. The van der Waals surface area contributed by atoms with E-state index in [1.165, 1.54) is 0 Å². The first-order valence-electron chi connectivity index (χ1n) is 8.28. The molecular formula is C21H16ClN3O. The fraction of sp³-hybridized carbons (Fsp3) is 0.0952. The Labute approximate surface area is 156 Å². The molecule has 0 radical (unpaired) electrons. The summed E-state index contributed by atoms with van der Waals surface area (Å²) in [6, 6.07) is 17.1. The number of rotatable bonds is 3. The lowest BCUT2D eigenvalue weighted by atomic mass is 10.1. The average molecular weight is 362 g/mol. The summed E-state index contributed by atoms with van der Waals surface area (Å²) in [4.78, 5) is 23.5. The van der Waals surface area contributed by atoms with Crippen molar-refractivity contribution in [3.8, 4) is 0 Å². The molecule has 1 aromatic heterocycles. The Bertz CT molecular complexity index is 1010. The number of anilines is 1. The van der Waals surface area contributed by atoms with Crippen LogP contribution in [0.3, 0.4) is 0 Å². The number of pyridine rings is 1. The average Bonchev–Trinajstić information content (AvgIpc) is 2.92. The molecule has 0 fully saturated rings. The summed E-state index contributed by atoms with van der Waals surface area (Å²) in [5.74, 6) is -0.119. The van der Waals surface area contributed by atoms with E-state index in [0.29, 0.717) is 23.0 Å². The zero-order chi connectivity index (χ0) is 18.1. The molecule has 0 aliphatic carbocycles. The van der Waals surface area contributed by atoms with Crippen molar-refractivity contribution in [1.29, 1.82) is 0 Å². The second-order valence-corrected chi connectivity index (χ2v) is 6.57. The molecule has 0 atom stereocenters. The van der Waals surface area contributed by atoms with Gasteiger partial charge in [0.15, 0.2) is 0 Å². The van der Waals surface area contributed by atoms with Gasteiger partial charge in [-0.1, -0.05) is 41.9 Å². The van der Waals surface area contributed by atoms with Crippen molar-refractivity contribution in [2.45, 2.75) is 13.5 Å². The number of hydrogen-bond donors (Lipinski definition) is 0. The van der Waals surface area contributed by atoms with Gasteiger partial charge < -0.3 is 4.90 Å². The number of carbonyl (C=O) groups is 1. The molecule has 2 aromatic carbocycles. The molecular weight excluding hydrogens is 346 g/mol.